The van der Waals surface area contributed by atoms with Crippen LogP contribution in [0.2, 0.25) is 0 Å². The van der Waals surface area contributed by atoms with Crippen molar-refractivity contribution >= 4 is 11.8 Å². The van der Waals surface area contributed by atoms with E-state index in [-0.39, 0.29) is 17.7 Å². The second-order valence-corrected chi connectivity index (χ2v) is 9.84. The van der Waals surface area contributed by atoms with Gasteiger partial charge in [0, 0.05) is 18.7 Å². The molecule has 2 unspecified atom stereocenters. The van der Waals surface area contributed by atoms with Crippen LogP contribution in [0.25, 0.3) is 0 Å². The molecule has 2 aromatic rings. The van der Waals surface area contributed by atoms with Crippen molar-refractivity contribution in [3.8, 4) is 5.75 Å². The fourth-order valence-corrected chi connectivity index (χ4v) is 5.41. The van der Waals surface area contributed by atoms with Gasteiger partial charge in [-0.25, -0.2) is 18.6 Å². The van der Waals surface area contributed by atoms with E-state index >= 15 is 4.39 Å². The first-order valence-electron chi connectivity index (χ1n) is 12.1. The zero-order chi connectivity index (χ0) is 24.3. The molecular formula is C27H34F2N2O3. The van der Waals surface area contributed by atoms with Crippen LogP contribution in [0.15, 0.2) is 36.5 Å². The molecule has 0 radical (unpaired) electrons. The van der Waals surface area contributed by atoms with E-state index in [1.54, 1.807) is 25.4 Å². The summed E-state index contributed by atoms with van der Waals surface area (Å²) in [6.45, 7) is 2.07. The molecule has 2 aliphatic carbocycles. The van der Waals surface area contributed by atoms with Gasteiger partial charge in [0.05, 0.1) is 14.2 Å². The first-order chi connectivity index (χ1) is 16.3. The molecule has 2 aliphatic rings. The van der Waals surface area contributed by atoms with Crippen LogP contribution >= 0.6 is 0 Å². The van der Waals surface area contributed by atoms with Crippen molar-refractivity contribution in [2.24, 2.45) is 11.8 Å². The number of aromatic nitrogens is 1. The normalized spacial score (nSPS) is 23.0. The Balaban J connectivity index is 1.36. The number of carbonyl (C=O) groups is 1. The molecule has 0 aliphatic heterocycles. The van der Waals surface area contributed by atoms with E-state index in [9.17, 15) is 9.18 Å². The molecule has 34 heavy (non-hydrogen) atoms. The van der Waals surface area contributed by atoms with Gasteiger partial charge in [-0.3, -0.25) is 0 Å². The Bertz CT molecular complexity index is 1000. The summed E-state index contributed by atoms with van der Waals surface area (Å²) < 4.78 is 39.8. The van der Waals surface area contributed by atoms with Gasteiger partial charge in [-0.05, 0) is 105 Å². The third-order valence-electron chi connectivity index (χ3n) is 7.47. The number of alkyl halides is 1. The van der Waals surface area contributed by atoms with Gasteiger partial charge in [-0.2, -0.15) is 0 Å². The molecule has 7 heteroatoms. The highest BCUT2D eigenvalue weighted by Gasteiger charge is 2.50. The number of nitrogens with one attached hydrogen (secondary N) is 1. The van der Waals surface area contributed by atoms with Gasteiger partial charge in [0.25, 0.3) is 0 Å². The van der Waals surface area contributed by atoms with Crippen LogP contribution in [-0.4, -0.2) is 37.4 Å². The number of carbonyl (C=O) groups excluding carboxylic acids is 1. The minimum Gasteiger partial charge on any atom is -0.497 e. The van der Waals surface area contributed by atoms with Crippen LogP contribution in [0, 0.1) is 17.7 Å². The van der Waals surface area contributed by atoms with Crippen molar-refractivity contribution in [3.05, 3.63) is 53.5 Å². The second-order valence-electron chi connectivity index (χ2n) is 9.84. The molecular weight excluding hydrogens is 438 g/mol. The summed E-state index contributed by atoms with van der Waals surface area (Å²) in [6.07, 6.45) is 7.31. The molecule has 1 aromatic heterocycles. The van der Waals surface area contributed by atoms with E-state index in [4.69, 9.17) is 9.47 Å². The fraction of sp³-hybridized carbons (Fsp3) is 0.556. The highest BCUT2D eigenvalue weighted by atomic mass is 19.1. The third kappa shape index (κ3) is 5.34. The average molecular weight is 473 g/mol. The Hall–Kier alpha value is -2.70. The number of hydrogen-bond acceptors (Lipinski definition) is 5. The highest BCUT2D eigenvalue weighted by molar-refractivity contribution is 5.80. The molecule has 0 bridgehead atoms. The predicted octanol–water partition coefficient (Wildman–Crippen LogP) is 6.01. The monoisotopic (exact) mass is 472 g/mol. The predicted molar refractivity (Wildman–Crippen MR) is 127 cm³/mol. The number of nitrogens with zero attached hydrogens (tertiary/aromatic N) is 1. The first-order valence-corrected chi connectivity index (χ1v) is 12.1. The molecule has 2 atom stereocenters. The van der Waals surface area contributed by atoms with E-state index in [2.05, 4.69) is 10.3 Å². The van der Waals surface area contributed by atoms with Crippen molar-refractivity contribution < 1.29 is 23.0 Å². The lowest BCUT2D eigenvalue weighted by atomic mass is 9.78. The van der Waals surface area contributed by atoms with Crippen molar-refractivity contribution in [3.63, 3.8) is 0 Å². The number of pyridine rings is 1. The number of rotatable bonds is 9. The molecule has 0 spiro atoms. The van der Waals surface area contributed by atoms with Crippen LogP contribution in [0.3, 0.4) is 0 Å². The number of halogens is 2. The summed E-state index contributed by atoms with van der Waals surface area (Å²) in [4.78, 5) is 16.5. The van der Waals surface area contributed by atoms with Crippen LogP contribution in [-0.2, 0) is 9.53 Å². The number of benzene rings is 1. The summed E-state index contributed by atoms with van der Waals surface area (Å²) in [5.74, 6) is 0.620. The Morgan fingerprint density at radius 3 is 2.53 bits per heavy atom. The maximum atomic E-state index is 15.4. The summed E-state index contributed by atoms with van der Waals surface area (Å²) in [7, 11) is 2.82. The smallest absolute Gasteiger partial charge is 0.343 e. The molecule has 5 nitrogen and oxygen atoms in total. The number of hydrogen-bond donors (Lipinski definition) is 1. The number of methoxy groups -OCH3 is 2. The summed E-state index contributed by atoms with van der Waals surface area (Å²) in [6, 6.07) is 8.61. The fourth-order valence-electron chi connectivity index (χ4n) is 5.41. The van der Waals surface area contributed by atoms with Crippen molar-refractivity contribution in [1.82, 2.24) is 4.98 Å². The van der Waals surface area contributed by atoms with Crippen molar-refractivity contribution in [2.75, 3.05) is 26.1 Å². The van der Waals surface area contributed by atoms with Crippen molar-refractivity contribution in [2.45, 2.75) is 63.0 Å². The quantitative estimate of drug-likeness (QED) is 0.453. The Morgan fingerprint density at radius 2 is 1.88 bits per heavy atom. The lowest BCUT2D eigenvalue weighted by molar-refractivity contribution is -0.155. The number of esters is 1. The van der Waals surface area contributed by atoms with Gasteiger partial charge in [-0.15, -0.1) is 0 Å². The maximum Gasteiger partial charge on any atom is 0.343 e. The van der Waals surface area contributed by atoms with E-state index in [0.29, 0.717) is 17.5 Å². The maximum absolute atomic E-state index is 15.4. The van der Waals surface area contributed by atoms with Crippen LogP contribution in [0.4, 0.5) is 14.6 Å². The molecule has 2 saturated carbocycles. The Labute approximate surface area is 200 Å². The van der Waals surface area contributed by atoms with Crippen LogP contribution < -0.4 is 10.1 Å². The largest absolute Gasteiger partial charge is 0.497 e. The Morgan fingerprint density at radius 1 is 1.15 bits per heavy atom. The molecule has 1 aromatic carbocycles. The molecule has 184 valence electrons. The van der Waals surface area contributed by atoms with Gasteiger partial charge in [-0.1, -0.05) is 0 Å². The standard InChI is InChI=1S/C27H34F2N2O3/c1-27(29,26(32)34-3)25(19-8-9-19)20-12-13-30-24(14-20)31-16-17-4-6-18(7-5-17)22-15-21(33-2)10-11-23(22)28/h10-15,17-19,25H,4-9,16H2,1-3H3,(H,30,31). The highest BCUT2D eigenvalue weighted by Crippen LogP contribution is 2.50. The Kier molecular flexibility index (Phi) is 7.39. The third-order valence-corrected chi connectivity index (χ3v) is 7.47. The van der Waals surface area contributed by atoms with E-state index in [1.165, 1.54) is 20.1 Å². The first kappa shape index (κ1) is 24.4. The van der Waals surface area contributed by atoms with Gasteiger partial charge < -0.3 is 14.8 Å². The van der Waals surface area contributed by atoms with Gasteiger partial charge in [0.15, 0.2) is 0 Å². The summed E-state index contributed by atoms with van der Waals surface area (Å²) in [5, 5.41) is 3.40. The van der Waals surface area contributed by atoms with Gasteiger partial charge in [0.1, 0.15) is 17.4 Å². The summed E-state index contributed by atoms with van der Waals surface area (Å²) in [5.41, 5.74) is -0.568. The molecule has 0 amide bonds. The number of anilines is 1. The molecule has 1 N–H and O–H groups in total. The second kappa shape index (κ2) is 10.3. The van der Waals surface area contributed by atoms with Crippen molar-refractivity contribution in [1.29, 1.82) is 0 Å². The van der Waals surface area contributed by atoms with Crippen LogP contribution in [0.5, 0.6) is 5.75 Å². The molecule has 1 heterocycles. The lowest BCUT2D eigenvalue weighted by Gasteiger charge is -2.30. The zero-order valence-electron chi connectivity index (χ0n) is 20.2. The average Bonchev–Trinajstić information content (AvgIpc) is 3.68. The lowest BCUT2D eigenvalue weighted by Crippen LogP contribution is -2.39. The van der Waals surface area contributed by atoms with E-state index in [1.807, 2.05) is 12.1 Å². The molecule has 4 rings (SSSR count). The number of ether oxygens (including phenoxy) is 2. The topological polar surface area (TPSA) is 60.5 Å². The minimum absolute atomic E-state index is 0.136. The SMILES string of the molecule is COC(=O)C(C)(F)C(c1ccnc(NCC2CCC(c3cc(OC)ccc3F)CC2)c1)C1CC1. The minimum atomic E-state index is -2.08. The molecule has 0 saturated heterocycles. The van der Waals surface area contributed by atoms with E-state index in [0.717, 1.165) is 56.2 Å². The van der Waals surface area contributed by atoms with Crippen LogP contribution in [0.1, 0.15) is 68.4 Å². The zero-order valence-corrected chi connectivity index (χ0v) is 20.2. The molecule has 2 fully saturated rings. The van der Waals surface area contributed by atoms with Gasteiger partial charge in [0.2, 0.25) is 5.67 Å². The van der Waals surface area contributed by atoms with E-state index < -0.39 is 17.6 Å². The summed E-state index contributed by atoms with van der Waals surface area (Å²) >= 11 is 0. The van der Waals surface area contributed by atoms with Gasteiger partial charge >= 0.3 is 5.97 Å².